The van der Waals surface area contributed by atoms with Crippen LogP contribution in [0.1, 0.15) is 52.6 Å². The maximum atomic E-state index is 14.0. The number of nitrogens with zero attached hydrogens (tertiary/aromatic N) is 4. The van der Waals surface area contributed by atoms with Gasteiger partial charge in [0.15, 0.2) is 5.69 Å². The number of esters is 1. The third-order valence-corrected chi connectivity index (χ3v) is 7.94. The number of carbonyl (C=O) groups excluding carboxylic acids is 2. The lowest BCUT2D eigenvalue weighted by atomic mass is 9.93. The van der Waals surface area contributed by atoms with Crippen molar-refractivity contribution in [1.29, 1.82) is 5.26 Å². The van der Waals surface area contributed by atoms with Gasteiger partial charge in [0.05, 0.1) is 11.6 Å². The van der Waals surface area contributed by atoms with Crippen LogP contribution in [0, 0.1) is 11.3 Å². The van der Waals surface area contributed by atoms with E-state index in [0.29, 0.717) is 26.7 Å². The highest BCUT2D eigenvalue weighted by Crippen LogP contribution is 2.44. The van der Waals surface area contributed by atoms with Crippen molar-refractivity contribution < 1.29 is 27.5 Å². The van der Waals surface area contributed by atoms with Crippen LogP contribution in [0.15, 0.2) is 64.4 Å². The predicted molar refractivity (Wildman–Crippen MR) is 136 cm³/mol. The Hall–Kier alpha value is -4.24. The maximum absolute atomic E-state index is 14.0. The number of pyridine rings is 1. The minimum atomic E-state index is -4.77. The van der Waals surface area contributed by atoms with Gasteiger partial charge >= 0.3 is 12.1 Å². The fraction of sp³-hybridized carbons (Fsp3) is 0.259. The second kappa shape index (κ2) is 9.81. The minimum Gasteiger partial charge on any atom is -0.420 e. The third-order valence-electron chi connectivity index (χ3n) is 6.74. The second-order valence-corrected chi connectivity index (χ2v) is 10.1. The monoisotopic (exact) mass is 554 g/mol. The smallest absolute Gasteiger partial charge is 0.408 e. The van der Waals surface area contributed by atoms with Crippen LogP contribution >= 0.6 is 11.8 Å². The standard InChI is InChI=1S/C27H21F3N4O4S/c1-15(27(28,29)30)32-14-34(33-11-10-21(36)24(38-16(2)35)23(33)26(32)37)22-19-8-4-3-6-18(19)13-39-25-17(12-31)7-5-9-20(22)25/h3-11,15,22H,13-14H2,1-2H3/t15-,22?/m1/s1. The van der Waals surface area contributed by atoms with Crippen LogP contribution in [0.5, 0.6) is 5.75 Å². The van der Waals surface area contributed by atoms with E-state index >= 15 is 0 Å². The molecular formula is C27H21F3N4O4S. The number of nitriles is 1. The van der Waals surface area contributed by atoms with E-state index in [4.69, 9.17) is 4.74 Å². The van der Waals surface area contributed by atoms with Crippen LogP contribution in [0.3, 0.4) is 0 Å². The molecule has 3 heterocycles. The molecule has 0 bridgehead atoms. The Morgan fingerprint density at radius 1 is 1.13 bits per heavy atom. The molecule has 1 aromatic heterocycles. The highest BCUT2D eigenvalue weighted by atomic mass is 32.2. The van der Waals surface area contributed by atoms with Crippen molar-refractivity contribution in [2.45, 2.75) is 42.8 Å². The Morgan fingerprint density at radius 2 is 1.85 bits per heavy atom. The van der Waals surface area contributed by atoms with Gasteiger partial charge in [0.2, 0.25) is 11.2 Å². The number of halogens is 3. The van der Waals surface area contributed by atoms with Crippen LogP contribution in [0.2, 0.25) is 0 Å². The number of carbonyl (C=O) groups is 2. The molecule has 0 N–H and O–H groups in total. The summed E-state index contributed by atoms with van der Waals surface area (Å²) in [4.78, 5) is 39.4. The Kier molecular flexibility index (Phi) is 6.64. The summed E-state index contributed by atoms with van der Waals surface area (Å²) in [5.41, 5.74) is 1.39. The zero-order valence-corrected chi connectivity index (χ0v) is 21.5. The Labute approximate surface area is 225 Å². The quantitative estimate of drug-likeness (QED) is 0.445. The minimum absolute atomic E-state index is 0.407. The lowest BCUT2D eigenvalue weighted by Gasteiger charge is -2.46. The first-order chi connectivity index (χ1) is 18.5. The van der Waals surface area contributed by atoms with Gasteiger partial charge in [-0.1, -0.05) is 36.4 Å². The lowest BCUT2D eigenvalue weighted by Crippen LogP contribution is -2.60. The summed E-state index contributed by atoms with van der Waals surface area (Å²) < 4.78 is 48.3. The summed E-state index contributed by atoms with van der Waals surface area (Å²) in [5, 5.41) is 11.3. The van der Waals surface area contributed by atoms with E-state index in [-0.39, 0.29) is 0 Å². The lowest BCUT2D eigenvalue weighted by molar-refractivity contribution is -0.173. The van der Waals surface area contributed by atoms with Crippen molar-refractivity contribution in [3.05, 3.63) is 92.9 Å². The van der Waals surface area contributed by atoms with Gasteiger partial charge in [-0.2, -0.15) is 18.4 Å². The van der Waals surface area contributed by atoms with Crippen molar-refractivity contribution in [2.24, 2.45) is 0 Å². The van der Waals surface area contributed by atoms with E-state index in [1.165, 1.54) is 27.6 Å². The van der Waals surface area contributed by atoms with Crippen molar-refractivity contribution in [3.8, 4) is 11.8 Å². The molecule has 8 nitrogen and oxygen atoms in total. The molecule has 0 saturated carbocycles. The van der Waals surface area contributed by atoms with Crippen LogP contribution in [0.4, 0.5) is 13.2 Å². The number of hydrogen-bond acceptors (Lipinski definition) is 7. The van der Waals surface area contributed by atoms with Gasteiger partial charge in [-0.05, 0) is 29.7 Å². The highest BCUT2D eigenvalue weighted by molar-refractivity contribution is 7.98. The molecule has 0 spiro atoms. The molecule has 0 saturated heterocycles. The fourth-order valence-corrected chi connectivity index (χ4v) is 6.03. The average molecular weight is 555 g/mol. The molecule has 2 atom stereocenters. The SMILES string of the molecule is CC(=O)Oc1c2n(ccc1=O)N(C1c3ccccc3CSc3c(C#N)cccc31)CN([C@H](C)C(F)(F)F)C2=O. The zero-order valence-electron chi connectivity index (χ0n) is 20.7. The Bertz CT molecular complexity index is 1600. The molecule has 39 heavy (non-hydrogen) atoms. The molecule has 0 fully saturated rings. The molecule has 2 aliphatic heterocycles. The molecule has 0 aliphatic carbocycles. The number of ether oxygens (including phenoxy) is 1. The van der Waals surface area contributed by atoms with Crippen molar-refractivity contribution in [2.75, 3.05) is 11.7 Å². The number of rotatable bonds is 3. The van der Waals surface area contributed by atoms with Crippen LogP contribution < -0.4 is 15.2 Å². The molecule has 2 aliphatic rings. The Morgan fingerprint density at radius 3 is 2.54 bits per heavy atom. The van der Waals surface area contributed by atoms with E-state index in [1.807, 2.05) is 18.2 Å². The molecule has 0 radical (unpaired) electrons. The van der Waals surface area contributed by atoms with Crippen molar-refractivity contribution in [1.82, 2.24) is 9.58 Å². The average Bonchev–Trinajstić information content (AvgIpc) is 3.06. The molecule has 12 heteroatoms. The number of fused-ring (bicyclic) bond motifs is 3. The summed E-state index contributed by atoms with van der Waals surface area (Å²) in [6.07, 6.45) is -3.49. The summed E-state index contributed by atoms with van der Waals surface area (Å²) in [6, 6.07) is 12.8. The summed E-state index contributed by atoms with van der Waals surface area (Å²) >= 11 is 1.44. The summed E-state index contributed by atoms with van der Waals surface area (Å²) in [7, 11) is 0. The summed E-state index contributed by atoms with van der Waals surface area (Å²) in [5.74, 6) is -2.15. The predicted octanol–water partition coefficient (Wildman–Crippen LogP) is 4.34. The van der Waals surface area contributed by atoms with E-state index in [1.54, 1.807) is 24.3 Å². The van der Waals surface area contributed by atoms with Gasteiger partial charge in [-0.25, -0.2) is 0 Å². The van der Waals surface area contributed by atoms with Gasteiger partial charge < -0.3 is 9.64 Å². The zero-order chi connectivity index (χ0) is 28.1. The molecule has 2 aromatic carbocycles. The number of aromatic nitrogens is 1. The molecule has 5 rings (SSSR count). The van der Waals surface area contributed by atoms with E-state index in [9.17, 15) is 32.8 Å². The number of alkyl halides is 3. The number of thioether (sulfide) groups is 1. The van der Waals surface area contributed by atoms with Gasteiger partial charge in [-0.15, -0.1) is 11.8 Å². The van der Waals surface area contributed by atoms with Crippen LogP contribution in [0.25, 0.3) is 0 Å². The first kappa shape index (κ1) is 26.4. The maximum Gasteiger partial charge on any atom is 0.408 e. The Balaban J connectivity index is 1.82. The molecule has 3 aromatic rings. The molecule has 1 amide bonds. The first-order valence-corrected chi connectivity index (χ1v) is 12.8. The topological polar surface area (TPSA) is 95.6 Å². The van der Waals surface area contributed by atoms with Crippen molar-refractivity contribution in [3.63, 3.8) is 0 Å². The molecule has 200 valence electrons. The van der Waals surface area contributed by atoms with Gasteiger partial charge in [0.1, 0.15) is 18.8 Å². The number of hydrogen-bond donors (Lipinski definition) is 0. The molecule has 1 unspecified atom stereocenters. The highest BCUT2D eigenvalue weighted by Gasteiger charge is 2.48. The van der Waals surface area contributed by atoms with Crippen LogP contribution in [-0.2, 0) is 10.5 Å². The number of benzene rings is 2. The summed E-state index contributed by atoms with van der Waals surface area (Å²) in [6.45, 7) is 1.38. The fourth-order valence-electron chi connectivity index (χ4n) is 4.86. The van der Waals surface area contributed by atoms with E-state index < -0.39 is 53.7 Å². The van der Waals surface area contributed by atoms with Gasteiger partial charge in [0, 0.05) is 29.8 Å². The first-order valence-electron chi connectivity index (χ1n) is 11.8. The second-order valence-electron chi connectivity index (χ2n) is 9.10. The largest absolute Gasteiger partial charge is 0.420 e. The molecular weight excluding hydrogens is 533 g/mol. The normalized spacial score (nSPS) is 17.3. The van der Waals surface area contributed by atoms with Gasteiger partial charge in [0.25, 0.3) is 5.91 Å². The van der Waals surface area contributed by atoms with E-state index in [2.05, 4.69) is 6.07 Å². The van der Waals surface area contributed by atoms with Gasteiger partial charge in [-0.3, -0.25) is 24.1 Å². The number of amides is 1. The third kappa shape index (κ3) is 4.52. The van der Waals surface area contributed by atoms with Crippen LogP contribution in [-0.4, -0.2) is 40.3 Å². The van der Waals surface area contributed by atoms with E-state index in [0.717, 1.165) is 31.0 Å². The van der Waals surface area contributed by atoms with Crippen molar-refractivity contribution >= 4 is 23.6 Å².